The van der Waals surface area contributed by atoms with E-state index in [0.717, 1.165) is 15.3 Å². The Morgan fingerprint density at radius 1 is 1.17 bits per heavy atom. The van der Waals surface area contributed by atoms with Crippen LogP contribution in [0.25, 0.3) is 16.5 Å². The molecule has 0 aliphatic heterocycles. The van der Waals surface area contributed by atoms with E-state index in [1.54, 1.807) is 17.4 Å². The number of hydrogen-bond acceptors (Lipinski definition) is 4. The molecule has 1 aromatic heterocycles. The average Bonchev–Trinajstić information content (AvgIpc) is 3.06. The first-order valence-electron chi connectivity index (χ1n) is 7.81. The van der Waals surface area contributed by atoms with Gasteiger partial charge in [0.15, 0.2) is 6.61 Å². The quantitative estimate of drug-likeness (QED) is 0.615. The number of hydrogen-bond donors (Lipinski definition) is 1. The van der Waals surface area contributed by atoms with Crippen LogP contribution in [-0.4, -0.2) is 25.0 Å². The second-order valence-electron chi connectivity index (χ2n) is 5.71. The molecule has 0 saturated heterocycles. The van der Waals surface area contributed by atoms with Crippen molar-refractivity contribution in [2.45, 2.75) is 13.8 Å². The van der Waals surface area contributed by atoms with E-state index in [4.69, 9.17) is 4.74 Å². The fourth-order valence-corrected chi connectivity index (χ4v) is 2.82. The summed E-state index contributed by atoms with van der Waals surface area (Å²) in [4.78, 5) is 25.2. The molecule has 0 bridgehead atoms. The Kier molecular flexibility index (Phi) is 6.75. The topological polar surface area (TPSA) is 55.4 Å². The number of thiophene rings is 1. The van der Waals surface area contributed by atoms with E-state index < -0.39 is 5.97 Å². The summed E-state index contributed by atoms with van der Waals surface area (Å²) in [5.41, 5.74) is 1.14. The highest BCUT2D eigenvalue weighted by atomic mass is 32.1. The molecule has 0 spiro atoms. The molecule has 1 N–H and O–H groups in total. The number of amides is 1. The molecule has 0 fully saturated rings. The monoisotopic (exact) mass is 343 g/mol. The van der Waals surface area contributed by atoms with Crippen LogP contribution in [0.5, 0.6) is 0 Å². The largest absolute Gasteiger partial charge is 0.452 e. The summed E-state index contributed by atoms with van der Waals surface area (Å²) in [6, 6.07) is 14.0. The molecule has 24 heavy (non-hydrogen) atoms. The van der Waals surface area contributed by atoms with Gasteiger partial charge in [-0.2, -0.15) is 0 Å². The van der Waals surface area contributed by atoms with Crippen LogP contribution >= 0.6 is 11.3 Å². The number of benzene rings is 1. The highest BCUT2D eigenvalue weighted by molar-refractivity contribution is 7.16. The number of rotatable bonds is 7. The maximum Gasteiger partial charge on any atom is 0.331 e. The summed E-state index contributed by atoms with van der Waals surface area (Å²) in [7, 11) is 0. The van der Waals surface area contributed by atoms with Gasteiger partial charge >= 0.3 is 5.97 Å². The first-order valence-corrected chi connectivity index (χ1v) is 8.63. The minimum Gasteiger partial charge on any atom is -0.452 e. The smallest absolute Gasteiger partial charge is 0.331 e. The summed E-state index contributed by atoms with van der Waals surface area (Å²) < 4.78 is 4.92. The number of nitrogens with one attached hydrogen (secondary N) is 1. The number of carbonyl (C=O) groups excluding carboxylic acids is 2. The van der Waals surface area contributed by atoms with Crippen LogP contribution in [0, 0.1) is 5.92 Å². The van der Waals surface area contributed by atoms with Crippen LogP contribution in [-0.2, 0) is 14.3 Å². The third-order valence-electron chi connectivity index (χ3n) is 3.12. The predicted octanol–water partition coefficient (Wildman–Crippen LogP) is 3.74. The summed E-state index contributed by atoms with van der Waals surface area (Å²) >= 11 is 1.59. The van der Waals surface area contributed by atoms with Crippen LogP contribution in [0.4, 0.5) is 0 Å². The zero-order chi connectivity index (χ0) is 17.4. The zero-order valence-corrected chi connectivity index (χ0v) is 14.6. The van der Waals surface area contributed by atoms with Gasteiger partial charge in [-0.05, 0) is 29.7 Å². The molecule has 1 heterocycles. The molecule has 0 atom stereocenters. The van der Waals surface area contributed by atoms with Gasteiger partial charge in [0.1, 0.15) is 0 Å². The lowest BCUT2D eigenvalue weighted by Crippen LogP contribution is -2.31. The van der Waals surface area contributed by atoms with Crippen molar-refractivity contribution in [2.75, 3.05) is 13.2 Å². The summed E-state index contributed by atoms with van der Waals surface area (Å²) in [6.45, 7) is 4.32. The minimum absolute atomic E-state index is 0.254. The second-order valence-corrected chi connectivity index (χ2v) is 6.82. The summed E-state index contributed by atoms with van der Waals surface area (Å²) in [5, 5.41) is 2.69. The van der Waals surface area contributed by atoms with Crippen molar-refractivity contribution in [3.05, 3.63) is 53.4 Å². The molecule has 2 aromatic rings. The molecule has 0 aliphatic carbocycles. The molecule has 126 valence electrons. The fraction of sp³-hybridized carbons (Fsp3) is 0.263. The van der Waals surface area contributed by atoms with Gasteiger partial charge in [0.25, 0.3) is 5.91 Å². The van der Waals surface area contributed by atoms with Gasteiger partial charge in [0.05, 0.1) is 0 Å². The van der Waals surface area contributed by atoms with Crippen LogP contribution in [0.2, 0.25) is 0 Å². The highest BCUT2D eigenvalue weighted by Gasteiger charge is 2.06. The third-order valence-corrected chi connectivity index (χ3v) is 4.22. The maximum atomic E-state index is 11.7. The summed E-state index contributed by atoms with van der Waals surface area (Å²) in [6.07, 6.45) is 3.04. The Morgan fingerprint density at radius 2 is 1.92 bits per heavy atom. The van der Waals surface area contributed by atoms with Crippen molar-refractivity contribution >= 4 is 29.3 Å². The van der Waals surface area contributed by atoms with Gasteiger partial charge in [-0.25, -0.2) is 4.79 Å². The molecular formula is C19H21NO3S. The van der Waals surface area contributed by atoms with Gasteiger partial charge in [0, 0.05) is 22.4 Å². The lowest BCUT2D eigenvalue weighted by atomic mass is 10.2. The molecule has 2 rings (SSSR count). The first-order chi connectivity index (χ1) is 11.5. The Bertz CT molecular complexity index is 704. The van der Waals surface area contributed by atoms with Crippen LogP contribution < -0.4 is 5.32 Å². The molecule has 4 nitrogen and oxygen atoms in total. The van der Waals surface area contributed by atoms with E-state index in [1.165, 1.54) is 6.08 Å². The number of esters is 1. The molecule has 5 heteroatoms. The van der Waals surface area contributed by atoms with Crippen molar-refractivity contribution in [3.8, 4) is 10.4 Å². The Hall–Kier alpha value is -2.40. The number of ether oxygens (including phenoxy) is 1. The van der Waals surface area contributed by atoms with E-state index in [-0.39, 0.29) is 12.5 Å². The van der Waals surface area contributed by atoms with Gasteiger partial charge in [0.2, 0.25) is 0 Å². The maximum absolute atomic E-state index is 11.7. The van der Waals surface area contributed by atoms with Gasteiger partial charge in [-0.3, -0.25) is 4.79 Å². The molecule has 0 saturated carbocycles. The van der Waals surface area contributed by atoms with Crippen molar-refractivity contribution in [3.63, 3.8) is 0 Å². The minimum atomic E-state index is -0.524. The Morgan fingerprint density at radius 3 is 2.62 bits per heavy atom. The average molecular weight is 343 g/mol. The Labute approximate surface area is 146 Å². The lowest BCUT2D eigenvalue weighted by molar-refractivity contribution is -0.143. The van der Waals surface area contributed by atoms with Crippen LogP contribution in [0.15, 0.2) is 48.5 Å². The second kappa shape index (κ2) is 9.03. The van der Waals surface area contributed by atoms with Crippen molar-refractivity contribution in [1.82, 2.24) is 5.32 Å². The molecule has 0 aliphatic rings. The lowest BCUT2D eigenvalue weighted by Gasteiger charge is -2.07. The van der Waals surface area contributed by atoms with Gasteiger partial charge in [-0.15, -0.1) is 11.3 Å². The Balaban J connectivity index is 1.82. The predicted molar refractivity (Wildman–Crippen MR) is 97.6 cm³/mol. The van der Waals surface area contributed by atoms with Crippen LogP contribution in [0.1, 0.15) is 18.7 Å². The SMILES string of the molecule is CC(C)CNC(=O)COC(=O)/C=C/c1ccc(-c2ccccc2)s1. The fourth-order valence-electron chi connectivity index (χ4n) is 1.90. The third kappa shape index (κ3) is 6.01. The van der Waals surface area contributed by atoms with E-state index in [1.807, 2.05) is 56.3 Å². The van der Waals surface area contributed by atoms with E-state index in [0.29, 0.717) is 12.5 Å². The van der Waals surface area contributed by atoms with E-state index >= 15 is 0 Å². The van der Waals surface area contributed by atoms with Crippen LogP contribution in [0.3, 0.4) is 0 Å². The highest BCUT2D eigenvalue weighted by Crippen LogP contribution is 2.28. The summed E-state index contributed by atoms with van der Waals surface area (Å²) in [5.74, 6) is -0.445. The molecule has 0 radical (unpaired) electrons. The molecule has 1 aromatic carbocycles. The van der Waals surface area contributed by atoms with E-state index in [9.17, 15) is 9.59 Å². The van der Waals surface area contributed by atoms with Gasteiger partial charge < -0.3 is 10.1 Å². The molecule has 0 unspecified atom stereocenters. The zero-order valence-electron chi connectivity index (χ0n) is 13.8. The number of carbonyl (C=O) groups is 2. The van der Waals surface area contributed by atoms with Gasteiger partial charge in [-0.1, -0.05) is 44.2 Å². The first kappa shape index (κ1) is 17.9. The molecular weight excluding hydrogens is 322 g/mol. The molecule has 1 amide bonds. The normalized spacial score (nSPS) is 11.0. The van der Waals surface area contributed by atoms with Crippen molar-refractivity contribution < 1.29 is 14.3 Å². The van der Waals surface area contributed by atoms with E-state index in [2.05, 4.69) is 5.32 Å². The van der Waals surface area contributed by atoms with Crippen molar-refractivity contribution in [2.24, 2.45) is 5.92 Å². The standard InChI is InChI=1S/C19H21NO3S/c1-14(2)12-20-18(21)13-23-19(22)11-9-16-8-10-17(24-16)15-6-4-3-5-7-15/h3-11,14H,12-13H2,1-2H3,(H,20,21)/b11-9+. The van der Waals surface area contributed by atoms with Crippen molar-refractivity contribution in [1.29, 1.82) is 0 Å².